The predicted octanol–water partition coefficient (Wildman–Crippen LogP) is 5.84. The van der Waals surface area contributed by atoms with Crippen molar-refractivity contribution in [2.24, 2.45) is 0 Å². The van der Waals surface area contributed by atoms with E-state index in [2.05, 4.69) is 22.6 Å². The third kappa shape index (κ3) is 6.00. The Hall–Kier alpha value is -1.54. The first-order valence-electron chi connectivity index (χ1n) is 9.85. The number of rotatable bonds is 9. The molecule has 2 aromatic carbocycles. The molecule has 0 heterocycles. The topological polar surface area (TPSA) is 52.6 Å². The van der Waals surface area contributed by atoms with Crippen molar-refractivity contribution in [3.8, 4) is 5.75 Å². The minimum Gasteiger partial charge on any atom is -0.497 e. The molecular formula is C24H29IO4S. The minimum absolute atomic E-state index is 0.133. The maximum Gasteiger partial charge on any atom is 0.321 e. The molecule has 2 rings (SSSR count). The second-order valence-electron chi connectivity index (χ2n) is 7.65. The van der Waals surface area contributed by atoms with Crippen molar-refractivity contribution in [1.29, 1.82) is 0 Å². The highest BCUT2D eigenvalue weighted by Gasteiger charge is 2.41. The molecule has 30 heavy (non-hydrogen) atoms. The van der Waals surface area contributed by atoms with Crippen LogP contribution in [0.4, 0.5) is 0 Å². The number of ether oxygens (including phenoxy) is 2. The van der Waals surface area contributed by atoms with Gasteiger partial charge < -0.3 is 9.47 Å². The average Bonchev–Trinajstić information content (AvgIpc) is 2.69. The summed E-state index contributed by atoms with van der Waals surface area (Å²) in [6.07, 6.45) is 0. The lowest BCUT2D eigenvalue weighted by Gasteiger charge is -2.29. The highest BCUT2D eigenvalue weighted by Crippen LogP contribution is 2.37. The van der Waals surface area contributed by atoms with Crippen molar-refractivity contribution >= 4 is 46.1 Å². The van der Waals surface area contributed by atoms with Crippen molar-refractivity contribution in [2.45, 2.75) is 51.0 Å². The largest absolute Gasteiger partial charge is 0.497 e. The van der Waals surface area contributed by atoms with E-state index in [0.29, 0.717) is 5.75 Å². The Labute approximate surface area is 197 Å². The van der Waals surface area contributed by atoms with E-state index in [9.17, 15) is 9.59 Å². The summed E-state index contributed by atoms with van der Waals surface area (Å²) in [5.41, 5.74) is 3.72. The van der Waals surface area contributed by atoms with Gasteiger partial charge in [0.1, 0.15) is 11.7 Å². The van der Waals surface area contributed by atoms with Crippen LogP contribution < -0.4 is 4.74 Å². The van der Waals surface area contributed by atoms with Gasteiger partial charge in [-0.2, -0.15) is 0 Å². The average molecular weight is 540 g/mol. The molecule has 1 unspecified atom stereocenters. The summed E-state index contributed by atoms with van der Waals surface area (Å²) >= 11 is 3.78. The molecular weight excluding hydrogens is 511 g/mol. The van der Waals surface area contributed by atoms with E-state index in [1.807, 2.05) is 64.1 Å². The van der Waals surface area contributed by atoms with Gasteiger partial charge in [-0.25, -0.2) is 0 Å². The van der Waals surface area contributed by atoms with E-state index in [1.165, 1.54) is 11.8 Å². The predicted molar refractivity (Wildman–Crippen MR) is 131 cm³/mol. The van der Waals surface area contributed by atoms with Gasteiger partial charge in [0.25, 0.3) is 0 Å². The fourth-order valence-electron chi connectivity index (χ4n) is 3.36. The van der Waals surface area contributed by atoms with Crippen LogP contribution >= 0.6 is 34.4 Å². The van der Waals surface area contributed by atoms with Gasteiger partial charge in [-0.1, -0.05) is 12.1 Å². The first-order valence-corrected chi connectivity index (χ1v) is 11.9. The Morgan fingerprint density at radius 1 is 1.10 bits per heavy atom. The zero-order valence-corrected chi connectivity index (χ0v) is 21.3. The standard InChI is InChI=1S/C24H29IO4S/c1-7-29-23(27)21(20-15(2)12-18(25)13-16(20)3)22(26)24(4,5)30-14-17-8-10-19(28-6)11-9-17/h8-13,21H,7,14H2,1-6H3. The van der Waals surface area contributed by atoms with Gasteiger partial charge >= 0.3 is 5.97 Å². The zero-order chi connectivity index (χ0) is 22.5. The van der Waals surface area contributed by atoms with Crippen molar-refractivity contribution in [3.05, 3.63) is 62.2 Å². The van der Waals surface area contributed by atoms with E-state index in [4.69, 9.17) is 9.47 Å². The van der Waals surface area contributed by atoms with Crippen LogP contribution in [0, 0.1) is 17.4 Å². The maximum atomic E-state index is 13.6. The lowest BCUT2D eigenvalue weighted by Crippen LogP contribution is -2.38. The number of aryl methyl sites for hydroxylation is 2. The summed E-state index contributed by atoms with van der Waals surface area (Å²) in [7, 11) is 1.63. The number of carbonyl (C=O) groups excluding carboxylic acids is 2. The van der Waals surface area contributed by atoms with Crippen LogP contribution in [0.5, 0.6) is 5.75 Å². The normalized spacial score (nSPS) is 12.4. The Kier molecular flexibility index (Phi) is 8.79. The van der Waals surface area contributed by atoms with Gasteiger partial charge in [0, 0.05) is 9.32 Å². The van der Waals surface area contributed by atoms with Gasteiger partial charge in [-0.15, -0.1) is 11.8 Å². The van der Waals surface area contributed by atoms with Crippen LogP contribution in [0.2, 0.25) is 0 Å². The molecule has 0 aliphatic heterocycles. The summed E-state index contributed by atoms with van der Waals surface area (Å²) < 4.78 is 10.8. The summed E-state index contributed by atoms with van der Waals surface area (Å²) in [5.74, 6) is -0.0884. The minimum atomic E-state index is -0.930. The van der Waals surface area contributed by atoms with Crippen LogP contribution in [-0.2, 0) is 20.1 Å². The number of esters is 1. The van der Waals surface area contributed by atoms with Crippen molar-refractivity contribution in [2.75, 3.05) is 13.7 Å². The molecule has 0 amide bonds. The summed E-state index contributed by atoms with van der Waals surface area (Å²) in [6, 6.07) is 11.8. The summed E-state index contributed by atoms with van der Waals surface area (Å²) in [5, 5.41) is 0. The Morgan fingerprint density at radius 3 is 2.17 bits per heavy atom. The van der Waals surface area contributed by atoms with Crippen LogP contribution in [0.3, 0.4) is 0 Å². The molecule has 6 heteroatoms. The number of hydrogen-bond acceptors (Lipinski definition) is 5. The van der Waals surface area contributed by atoms with Crippen molar-refractivity contribution in [1.82, 2.24) is 0 Å². The molecule has 0 N–H and O–H groups in total. The number of carbonyl (C=O) groups is 2. The smallest absolute Gasteiger partial charge is 0.321 e. The molecule has 162 valence electrons. The van der Waals surface area contributed by atoms with E-state index in [0.717, 1.165) is 31.6 Å². The van der Waals surface area contributed by atoms with Crippen LogP contribution in [0.1, 0.15) is 48.9 Å². The number of Topliss-reactive ketones (excluding diaryl/α,β-unsaturated/α-hetero) is 1. The number of ketones is 1. The second-order valence-corrected chi connectivity index (χ2v) is 10.5. The van der Waals surface area contributed by atoms with Gasteiger partial charge in [-0.3, -0.25) is 9.59 Å². The van der Waals surface area contributed by atoms with E-state index < -0.39 is 16.6 Å². The third-order valence-corrected chi connectivity index (χ3v) is 7.01. The third-order valence-electron chi connectivity index (χ3n) is 4.98. The Bertz CT molecular complexity index is 883. The van der Waals surface area contributed by atoms with E-state index in [-0.39, 0.29) is 12.4 Å². The highest BCUT2D eigenvalue weighted by atomic mass is 127. The van der Waals surface area contributed by atoms with Crippen molar-refractivity contribution in [3.63, 3.8) is 0 Å². The molecule has 1 atom stereocenters. The van der Waals surface area contributed by atoms with Gasteiger partial charge in [0.15, 0.2) is 5.78 Å². The molecule has 0 saturated heterocycles. The lowest BCUT2D eigenvalue weighted by atomic mass is 9.83. The Balaban J connectivity index is 2.32. The Morgan fingerprint density at radius 2 is 1.67 bits per heavy atom. The van der Waals surface area contributed by atoms with Crippen LogP contribution in [0.25, 0.3) is 0 Å². The molecule has 2 aromatic rings. The van der Waals surface area contributed by atoms with Crippen molar-refractivity contribution < 1.29 is 19.1 Å². The fraction of sp³-hybridized carbons (Fsp3) is 0.417. The molecule has 0 spiro atoms. The molecule has 4 nitrogen and oxygen atoms in total. The molecule has 0 aromatic heterocycles. The molecule has 0 saturated carbocycles. The first-order chi connectivity index (χ1) is 14.1. The molecule has 0 aliphatic carbocycles. The number of benzene rings is 2. The maximum absolute atomic E-state index is 13.6. The summed E-state index contributed by atoms with van der Waals surface area (Å²) in [6.45, 7) is 9.66. The van der Waals surface area contributed by atoms with Gasteiger partial charge in [0.05, 0.1) is 18.5 Å². The highest BCUT2D eigenvalue weighted by molar-refractivity contribution is 14.1. The fourth-order valence-corrected chi connectivity index (χ4v) is 5.28. The first kappa shape index (κ1) is 24.7. The quantitative estimate of drug-likeness (QED) is 0.227. The monoisotopic (exact) mass is 540 g/mol. The van der Waals surface area contributed by atoms with Crippen LogP contribution in [-0.4, -0.2) is 30.2 Å². The zero-order valence-electron chi connectivity index (χ0n) is 18.4. The number of halogens is 1. The molecule has 0 radical (unpaired) electrons. The number of hydrogen-bond donors (Lipinski definition) is 0. The molecule has 0 fully saturated rings. The molecule has 0 bridgehead atoms. The number of methoxy groups -OCH3 is 1. The summed E-state index contributed by atoms with van der Waals surface area (Å²) in [4.78, 5) is 26.5. The van der Waals surface area contributed by atoms with Gasteiger partial charge in [-0.05, 0) is 104 Å². The van der Waals surface area contributed by atoms with Crippen LogP contribution in [0.15, 0.2) is 36.4 Å². The van der Waals surface area contributed by atoms with E-state index >= 15 is 0 Å². The van der Waals surface area contributed by atoms with E-state index in [1.54, 1.807) is 14.0 Å². The number of thioether (sulfide) groups is 1. The SMILES string of the molecule is CCOC(=O)C(C(=O)C(C)(C)SCc1ccc(OC)cc1)c1c(C)cc(I)cc1C. The van der Waals surface area contributed by atoms with Gasteiger partial charge in [0.2, 0.25) is 0 Å². The second kappa shape index (κ2) is 10.7. The molecule has 0 aliphatic rings. The lowest BCUT2D eigenvalue weighted by molar-refractivity contribution is -0.148.